The van der Waals surface area contributed by atoms with E-state index in [9.17, 15) is 0 Å². The van der Waals surface area contributed by atoms with Crippen LogP contribution in [0, 0.1) is 0 Å². The van der Waals surface area contributed by atoms with Gasteiger partial charge in [-0.1, -0.05) is 48.5 Å². The molecule has 88 valence electrons. The summed E-state index contributed by atoms with van der Waals surface area (Å²) in [5.74, 6) is 0. The van der Waals surface area contributed by atoms with E-state index >= 15 is 0 Å². The molecule has 1 unspecified atom stereocenters. The van der Waals surface area contributed by atoms with E-state index in [1.165, 1.54) is 11.3 Å². The predicted molar refractivity (Wildman–Crippen MR) is 73.1 cm³/mol. The number of benzene rings is 2. The number of hydrogen-bond acceptors (Lipinski definition) is 2. The lowest BCUT2D eigenvalue weighted by molar-refractivity contribution is 0.681. The molecule has 0 saturated carbocycles. The standard InChI is InChI=1S/C15H18N2/c1-17(14-10-6-3-7-11-14)15(12-16)13-8-4-2-5-9-13/h2-11,15H,12,16H2,1H3. The van der Waals surface area contributed by atoms with Crippen molar-refractivity contribution in [3.63, 3.8) is 0 Å². The van der Waals surface area contributed by atoms with E-state index in [4.69, 9.17) is 5.73 Å². The van der Waals surface area contributed by atoms with Crippen molar-refractivity contribution in [2.45, 2.75) is 6.04 Å². The molecule has 2 aromatic carbocycles. The number of para-hydroxylation sites is 1. The summed E-state index contributed by atoms with van der Waals surface area (Å²) in [6.07, 6.45) is 0. The van der Waals surface area contributed by atoms with Crippen molar-refractivity contribution in [3.8, 4) is 0 Å². The van der Waals surface area contributed by atoms with Crippen LogP contribution in [-0.2, 0) is 0 Å². The van der Waals surface area contributed by atoms with Crippen LogP contribution in [0.15, 0.2) is 60.7 Å². The number of likely N-dealkylation sites (N-methyl/N-ethyl adjacent to an activating group) is 1. The molecule has 2 rings (SSSR count). The van der Waals surface area contributed by atoms with Gasteiger partial charge in [0.1, 0.15) is 0 Å². The first-order valence-corrected chi connectivity index (χ1v) is 5.86. The Labute approximate surface area is 103 Å². The Morgan fingerprint density at radius 3 is 2.00 bits per heavy atom. The molecule has 2 heteroatoms. The molecule has 0 fully saturated rings. The van der Waals surface area contributed by atoms with E-state index in [1.807, 2.05) is 24.3 Å². The Morgan fingerprint density at radius 1 is 0.941 bits per heavy atom. The second-order valence-electron chi connectivity index (χ2n) is 4.11. The highest BCUT2D eigenvalue weighted by Crippen LogP contribution is 2.24. The van der Waals surface area contributed by atoms with Crippen LogP contribution < -0.4 is 10.6 Å². The minimum atomic E-state index is 0.221. The van der Waals surface area contributed by atoms with Gasteiger partial charge in [0.2, 0.25) is 0 Å². The third kappa shape index (κ3) is 2.66. The van der Waals surface area contributed by atoms with Crippen molar-refractivity contribution in [2.75, 3.05) is 18.5 Å². The van der Waals surface area contributed by atoms with Gasteiger partial charge in [0.05, 0.1) is 6.04 Å². The van der Waals surface area contributed by atoms with Crippen LogP contribution in [0.1, 0.15) is 11.6 Å². The first-order chi connectivity index (χ1) is 8.33. The van der Waals surface area contributed by atoms with Crippen molar-refractivity contribution < 1.29 is 0 Å². The predicted octanol–water partition coefficient (Wildman–Crippen LogP) is 2.82. The summed E-state index contributed by atoms with van der Waals surface area (Å²) in [6.45, 7) is 0.607. The molecule has 2 aromatic rings. The Bertz CT molecular complexity index is 439. The van der Waals surface area contributed by atoms with E-state index in [0.29, 0.717) is 6.54 Å². The number of nitrogens with two attached hydrogens (primary N) is 1. The highest BCUT2D eigenvalue weighted by atomic mass is 15.1. The number of rotatable bonds is 4. The summed E-state index contributed by atoms with van der Waals surface area (Å²) < 4.78 is 0. The van der Waals surface area contributed by atoms with Gasteiger partial charge in [0.25, 0.3) is 0 Å². The molecule has 0 radical (unpaired) electrons. The zero-order valence-corrected chi connectivity index (χ0v) is 10.1. The lowest BCUT2D eigenvalue weighted by Crippen LogP contribution is -2.30. The summed E-state index contributed by atoms with van der Waals surface area (Å²) in [5.41, 5.74) is 8.34. The minimum absolute atomic E-state index is 0.221. The topological polar surface area (TPSA) is 29.3 Å². The van der Waals surface area contributed by atoms with Gasteiger partial charge in [-0.15, -0.1) is 0 Å². The molecule has 1 atom stereocenters. The normalized spacial score (nSPS) is 12.1. The molecule has 0 saturated heterocycles. The van der Waals surface area contributed by atoms with Crippen LogP contribution in [0.4, 0.5) is 5.69 Å². The molecule has 0 aliphatic heterocycles. The van der Waals surface area contributed by atoms with Gasteiger partial charge in [0, 0.05) is 19.3 Å². The third-order valence-electron chi connectivity index (χ3n) is 3.04. The number of hydrogen-bond donors (Lipinski definition) is 1. The fourth-order valence-corrected chi connectivity index (χ4v) is 2.04. The summed E-state index contributed by atoms with van der Waals surface area (Å²) in [4.78, 5) is 2.22. The van der Waals surface area contributed by atoms with E-state index in [-0.39, 0.29) is 6.04 Å². The molecular weight excluding hydrogens is 208 g/mol. The quantitative estimate of drug-likeness (QED) is 0.868. The Hall–Kier alpha value is -1.80. The lowest BCUT2D eigenvalue weighted by atomic mass is 10.1. The van der Waals surface area contributed by atoms with Crippen molar-refractivity contribution in [2.24, 2.45) is 5.73 Å². The smallest absolute Gasteiger partial charge is 0.0661 e. The molecule has 0 aromatic heterocycles. The van der Waals surface area contributed by atoms with E-state index in [1.54, 1.807) is 0 Å². The van der Waals surface area contributed by atoms with Crippen LogP contribution in [0.5, 0.6) is 0 Å². The number of nitrogens with zero attached hydrogens (tertiary/aromatic N) is 1. The molecule has 0 heterocycles. The van der Waals surface area contributed by atoms with Gasteiger partial charge < -0.3 is 10.6 Å². The van der Waals surface area contributed by atoms with Crippen LogP contribution in [0.25, 0.3) is 0 Å². The minimum Gasteiger partial charge on any atom is -0.366 e. The summed E-state index contributed by atoms with van der Waals surface area (Å²) >= 11 is 0. The maximum absolute atomic E-state index is 5.90. The zero-order valence-electron chi connectivity index (χ0n) is 10.1. The molecule has 0 spiro atoms. The molecule has 17 heavy (non-hydrogen) atoms. The van der Waals surface area contributed by atoms with Gasteiger partial charge in [-0.25, -0.2) is 0 Å². The van der Waals surface area contributed by atoms with Crippen LogP contribution in [0.2, 0.25) is 0 Å². The maximum atomic E-state index is 5.90. The van der Waals surface area contributed by atoms with Gasteiger partial charge in [-0.2, -0.15) is 0 Å². The molecule has 2 nitrogen and oxygen atoms in total. The fraction of sp³-hybridized carbons (Fsp3) is 0.200. The Balaban J connectivity index is 2.25. The second kappa shape index (κ2) is 5.51. The van der Waals surface area contributed by atoms with Crippen molar-refractivity contribution in [3.05, 3.63) is 66.2 Å². The van der Waals surface area contributed by atoms with E-state index < -0.39 is 0 Å². The fourth-order valence-electron chi connectivity index (χ4n) is 2.04. The molecular formula is C15H18N2. The van der Waals surface area contributed by atoms with Crippen LogP contribution in [0.3, 0.4) is 0 Å². The summed E-state index contributed by atoms with van der Waals surface area (Å²) in [7, 11) is 2.08. The first kappa shape index (κ1) is 11.7. The van der Waals surface area contributed by atoms with Gasteiger partial charge in [-0.3, -0.25) is 0 Å². The van der Waals surface area contributed by atoms with Crippen molar-refractivity contribution in [1.29, 1.82) is 0 Å². The van der Waals surface area contributed by atoms with Crippen molar-refractivity contribution in [1.82, 2.24) is 0 Å². The van der Waals surface area contributed by atoms with Crippen molar-refractivity contribution >= 4 is 5.69 Å². The molecule has 0 aliphatic rings. The summed E-state index contributed by atoms with van der Waals surface area (Å²) in [5, 5.41) is 0. The average molecular weight is 226 g/mol. The average Bonchev–Trinajstić information content (AvgIpc) is 2.42. The summed E-state index contributed by atoms with van der Waals surface area (Å²) in [6, 6.07) is 20.9. The van der Waals surface area contributed by atoms with Gasteiger partial charge in [-0.05, 0) is 17.7 Å². The highest BCUT2D eigenvalue weighted by molar-refractivity contribution is 5.48. The van der Waals surface area contributed by atoms with Crippen LogP contribution in [-0.4, -0.2) is 13.6 Å². The zero-order chi connectivity index (χ0) is 12.1. The Morgan fingerprint density at radius 2 is 1.47 bits per heavy atom. The largest absolute Gasteiger partial charge is 0.366 e. The molecule has 0 bridgehead atoms. The monoisotopic (exact) mass is 226 g/mol. The van der Waals surface area contributed by atoms with E-state index in [0.717, 1.165) is 0 Å². The van der Waals surface area contributed by atoms with Gasteiger partial charge in [0.15, 0.2) is 0 Å². The number of anilines is 1. The molecule has 0 aliphatic carbocycles. The van der Waals surface area contributed by atoms with Gasteiger partial charge >= 0.3 is 0 Å². The van der Waals surface area contributed by atoms with Crippen LogP contribution >= 0.6 is 0 Å². The first-order valence-electron chi connectivity index (χ1n) is 5.86. The molecule has 2 N–H and O–H groups in total. The lowest BCUT2D eigenvalue weighted by Gasteiger charge is -2.29. The van der Waals surface area contributed by atoms with E-state index in [2.05, 4.69) is 48.3 Å². The SMILES string of the molecule is CN(c1ccccc1)C(CN)c1ccccc1. The third-order valence-corrected chi connectivity index (χ3v) is 3.04. The molecule has 0 amide bonds. The highest BCUT2D eigenvalue weighted by Gasteiger charge is 2.14. The Kier molecular flexibility index (Phi) is 3.78. The second-order valence-corrected chi connectivity index (χ2v) is 4.11. The maximum Gasteiger partial charge on any atom is 0.0661 e.